The molecule has 0 atom stereocenters. The molecular weight excluding hydrogens is 456 g/mol. The molecule has 4 N–H and O–H groups in total. The van der Waals surface area contributed by atoms with Crippen LogP contribution in [-0.4, -0.2) is 67.0 Å². The van der Waals surface area contributed by atoms with Crippen LogP contribution < -0.4 is 15.2 Å². The lowest BCUT2D eigenvalue weighted by atomic mass is 10.2. The van der Waals surface area contributed by atoms with E-state index < -0.39 is 26.0 Å². The molecule has 0 aromatic heterocycles. The molecule has 12 heteroatoms. The molecule has 0 spiro atoms. The second-order valence-corrected chi connectivity index (χ2v) is 10.6. The molecule has 1 heterocycles. The average Bonchev–Trinajstić information content (AvgIpc) is 2.77. The highest BCUT2D eigenvalue weighted by molar-refractivity contribution is 7.92. The van der Waals surface area contributed by atoms with Gasteiger partial charge in [-0.05, 0) is 49.4 Å². The Balaban J connectivity index is 1.61. The van der Waals surface area contributed by atoms with Crippen LogP contribution >= 0.6 is 0 Å². The molecule has 0 saturated carbocycles. The van der Waals surface area contributed by atoms with Crippen LogP contribution in [0.3, 0.4) is 0 Å². The number of carbonyl (C=O) groups excluding carboxylic acids is 1. The second kappa shape index (κ2) is 10.4. The van der Waals surface area contributed by atoms with E-state index in [0.29, 0.717) is 19.6 Å². The van der Waals surface area contributed by atoms with Gasteiger partial charge in [0, 0.05) is 25.3 Å². The summed E-state index contributed by atoms with van der Waals surface area (Å²) in [4.78, 5) is 13.5. The molecule has 1 aliphatic rings. The number of morpholine rings is 1. The van der Waals surface area contributed by atoms with Crippen LogP contribution in [0, 0.1) is 0 Å². The number of ether oxygens (including phenoxy) is 1. The molecule has 1 saturated heterocycles. The fourth-order valence-corrected chi connectivity index (χ4v) is 5.58. The number of amides is 1. The van der Waals surface area contributed by atoms with Gasteiger partial charge in [0.05, 0.1) is 23.7 Å². The molecule has 0 bridgehead atoms. The quantitative estimate of drug-likeness (QED) is 0.420. The normalized spacial score (nSPS) is 15.4. The van der Waals surface area contributed by atoms with Crippen LogP contribution in [-0.2, 0) is 24.8 Å². The monoisotopic (exact) mass is 482 g/mol. The minimum atomic E-state index is -4.10. The second-order valence-electron chi connectivity index (χ2n) is 7.20. The van der Waals surface area contributed by atoms with Gasteiger partial charge < -0.3 is 10.5 Å². The standard InChI is InChI=1S/C20H26N4O6S2/c21-20(25)18-4-1-2-5-19(18)32(28,29)23-16-6-8-17(9-7-16)31(26,27)22-10-3-11-24-12-14-30-15-13-24/h1-2,4-9,22-23H,3,10-15H2,(H2,21,25). The number of rotatable bonds is 10. The maximum absolute atomic E-state index is 12.7. The Morgan fingerprint density at radius 3 is 2.28 bits per heavy atom. The highest BCUT2D eigenvalue weighted by atomic mass is 32.2. The maximum Gasteiger partial charge on any atom is 0.262 e. The van der Waals surface area contributed by atoms with Crippen molar-refractivity contribution in [1.82, 2.24) is 9.62 Å². The maximum atomic E-state index is 12.7. The summed E-state index contributed by atoms with van der Waals surface area (Å²) in [6.45, 7) is 4.13. The first-order valence-electron chi connectivity index (χ1n) is 10.0. The van der Waals surface area contributed by atoms with E-state index in [1.54, 1.807) is 0 Å². The third kappa shape index (κ3) is 6.26. The number of anilines is 1. The number of benzene rings is 2. The molecule has 0 unspecified atom stereocenters. The number of hydrogen-bond acceptors (Lipinski definition) is 7. The van der Waals surface area contributed by atoms with Crippen LogP contribution in [0.2, 0.25) is 0 Å². The predicted molar refractivity (Wildman–Crippen MR) is 119 cm³/mol. The van der Waals surface area contributed by atoms with Gasteiger partial charge in [0.1, 0.15) is 4.90 Å². The van der Waals surface area contributed by atoms with Crippen molar-refractivity contribution in [2.45, 2.75) is 16.2 Å². The Morgan fingerprint density at radius 2 is 1.62 bits per heavy atom. The predicted octanol–water partition coefficient (Wildman–Crippen LogP) is 0.587. The highest BCUT2D eigenvalue weighted by Gasteiger charge is 2.21. The highest BCUT2D eigenvalue weighted by Crippen LogP contribution is 2.21. The molecule has 32 heavy (non-hydrogen) atoms. The van der Waals surface area contributed by atoms with Gasteiger partial charge in [0.2, 0.25) is 15.9 Å². The van der Waals surface area contributed by atoms with Crippen molar-refractivity contribution >= 4 is 31.6 Å². The molecule has 10 nitrogen and oxygen atoms in total. The van der Waals surface area contributed by atoms with Crippen molar-refractivity contribution in [2.24, 2.45) is 5.73 Å². The Morgan fingerprint density at radius 1 is 0.969 bits per heavy atom. The summed E-state index contributed by atoms with van der Waals surface area (Å²) in [7, 11) is -7.82. The van der Waals surface area contributed by atoms with Gasteiger partial charge in [-0.3, -0.25) is 14.4 Å². The molecule has 2 aromatic carbocycles. The van der Waals surface area contributed by atoms with Crippen molar-refractivity contribution in [3.63, 3.8) is 0 Å². The summed E-state index contributed by atoms with van der Waals surface area (Å²) in [5.74, 6) is -0.868. The zero-order valence-corrected chi connectivity index (χ0v) is 19.0. The lowest BCUT2D eigenvalue weighted by Crippen LogP contribution is -2.38. The molecule has 0 radical (unpaired) electrons. The minimum absolute atomic E-state index is 0.0179. The molecule has 3 rings (SSSR count). The lowest BCUT2D eigenvalue weighted by molar-refractivity contribution is 0.0376. The van der Waals surface area contributed by atoms with Crippen LogP contribution in [0.4, 0.5) is 5.69 Å². The topological polar surface area (TPSA) is 148 Å². The largest absolute Gasteiger partial charge is 0.379 e. The van der Waals surface area contributed by atoms with E-state index >= 15 is 0 Å². The lowest BCUT2D eigenvalue weighted by Gasteiger charge is -2.26. The number of hydrogen-bond donors (Lipinski definition) is 3. The van der Waals surface area contributed by atoms with Gasteiger partial charge in [-0.2, -0.15) is 0 Å². The number of primary amides is 1. The van der Waals surface area contributed by atoms with Crippen molar-refractivity contribution in [3.05, 3.63) is 54.1 Å². The number of nitrogens with two attached hydrogens (primary N) is 1. The van der Waals surface area contributed by atoms with E-state index in [4.69, 9.17) is 10.5 Å². The summed E-state index contributed by atoms with van der Waals surface area (Å²) < 4.78 is 60.4. The molecule has 1 fully saturated rings. The number of nitrogens with one attached hydrogen (secondary N) is 2. The van der Waals surface area contributed by atoms with Crippen LogP contribution in [0.15, 0.2) is 58.3 Å². The first-order valence-corrected chi connectivity index (χ1v) is 13.0. The Kier molecular flexibility index (Phi) is 7.85. The van der Waals surface area contributed by atoms with Crippen LogP contribution in [0.1, 0.15) is 16.8 Å². The SMILES string of the molecule is NC(=O)c1ccccc1S(=O)(=O)Nc1ccc(S(=O)(=O)NCCCN2CCOCC2)cc1. The summed E-state index contributed by atoms with van der Waals surface area (Å²) in [6, 6.07) is 10.9. The summed E-state index contributed by atoms with van der Waals surface area (Å²) in [5.41, 5.74) is 5.26. The first-order chi connectivity index (χ1) is 15.2. The molecule has 2 aromatic rings. The van der Waals surface area contributed by atoms with Gasteiger partial charge >= 0.3 is 0 Å². The van der Waals surface area contributed by atoms with E-state index in [2.05, 4.69) is 14.3 Å². The summed E-state index contributed by atoms with van der Waals surface area (Å²) in [5, 5.41) is 0. The average molecular weight is 483 g/mol. The third-order valence-electron chi connectivity index (χ3n) is 4.91. The third-order valence-corrected chi connectivity index (χ3v) is 7.82. The van der Waals surface area contributed by atoms with E-state index in [9.17, 15) is 21.6 Å². The van der Waals surface area contributed by atoms with Gasteiger partial charge in [-0.25, -0.2) is 21.6 Å². The van der Waals surface area contributed by atoms with Gasteiger partial charge in [0.15, 0.2) is 0 Å². The van der Waals surface area contributed by atoms with E-state index in [1.165, 1.54) is 48.5 Å². The molecule has 1 amide bonds. The smallest absolute Gasteiger partial charge is 0.262 e. The van der Waals surface area contributed by atoms with Crippen molar-refractivity contribution in [1.29, 1.82) is 0 Å². The molecule has 0 aliphatic carbocycles. The van der Waals surface area contributed by atoms with Crippen molar-refractivity contribution in [3.8, 4) is 0 Å². The fraction of sp³-hybridized carbons (Fsp3) is 0.350. The number of sulfonamides is 2. The van der Waals surface area contributed by atoms with Gasteiger partial charge in [-0.1, -0.05) is 12.1 Å². The molecular formula is C20H26N4O6S2. The van der Waals surface area contributed by atoms with Crippen molar-refractivity contribution < 1.29 is 26.4 Å². The zero-order chi connectivity index (χ0) is 23.2. The van der Waals surface area contributed by atoms with Gasteiger partial charge in [0.25, 0.3) is 10.0 Å². The minimum Gasteiger partial charge on any atom is -0.379 e. The number of carbonyl (C=O) groups is 1. The van der Waals surface area contributed by atoms with Gasteiger partial charge in [-0.15, -0.1) is 0 Å². The van der Waals surface area contributed by atoms with E-state index in [-0.39, 0.29) is 27.6 Å². The molecule has 1 aliphatic heterocycles. The fourth-order valence-electron chi connectivity index (χ4n) is 3.23. The Labute approximate surface area is 187 Å². The van der Waals surface area contributed by atoms with E-state index in [0.717, 1.165) is 19.6 Å². The Bertz CT molecular complexity index is 1140. The van der Waals surface area contributed by atoms with Crippen LogP contribution in [0.5, 0.6) is 0 Å². The number of nitrogens with zero attached hydrogens (tertiary/aromatic N) is 1. The van der Waals surface area contributed by atoms with Crippen LogP contribution in [0.25, 0.3) is 0 Å². The zero-order valence-electron chi connectivity index (χ0n) is 17.4. The Hall–Kier alpha value is -2.51. The van der Waals surface area contributed by atoms with Crippen molar-refractivity contribution in [2.75, 3.05) is 44.1 Å². The van der Waals surface area contributed by atoms with E-state index in [1.807, 2.05) is 0 Å². The summed E-state index contributed by atoms with van der Waals surface area (Å²) in [6.07, 6.45) is 0.663. The summed E-state index contributed by atoms with van der Waals surface area (Å²) >= 11 is 0. The molecule has 174 valence electrons. The first kappa shape index (κ1) is 24.1.